The molecule has 1 amide bonds. The van der Waals surface area contributed by atoms with Crippen LogP contribution < -0.4 is 20.5 Å². The summed E-state index contributed by atoms with van der Waals surface area (Å²) in [6.07, 6.45) is 1.92. The maximum atomic E-state index is 12.6. The fourth-order valence-electron chi connectivity index (χ4n) is 3.59. The number of nitrogens with one attached hydrogen (secondary N) is 1. The van der Waals surface area contributed by atoms with Gasteiger partial charge in [-0.15, -0.1) is 0 Å². The number of amides is 1. The summed E-state index contributed by atoms with van der Waals surface area (Å²) in [5, 5.41) is 3.08. The van der Waals surface area contributed by atoms with Crippen LogP contribution in [0.5, 0.6) is 11.5 Å². The summed E-state index contributed by atoms with van der Waals surface area (Å²) in [4.78, 5) is 18.9. The molecule has 1 aliphatic heterocycles. The van der Waals surface area contributed by atoms with Crippen molar-refractivity contribution in [2.75, 3.05) is 32.6 Å². The maximum absolute atomic E-state index is 12.6. The Hall–Kier alpha value is -3.22. The summed E-state index contributed by atoms with van der Waals surface area (Å²) in [7, 11) is 3.25. The summed E-state index contributed by atoms with van der Waals surface area (Å²) < 4.78 is 10.8. The number of carbonyl (C=O) groups excluding carboxylic acids is 1. The second-order valence-corrected chi connectivity index (χ2v) is 7.41. The molecule has 160 valence electrons. The predicted octanol–water partition coefficient (Wildman–Crippen LogP) is 3.10. The Kier molecular flexibility index (Phi) is 7.17. The number of anilines is 1. The number of carbonyl (C=O) groups is 1. The number of nitrogens with zero attached hydrogens (tertiary/aromatic N) is 2. The lowest BCUT2D eigenvalue weighted by atomic mass is 9.98. The van der Waals surface area contributed by atoms with Gasteiger partial charge in [0, 0.05) is 31.7 Å². The van der Waals surface area contributed by atoms with Crippen molar-refractivity contribution in [3.8, 4) is 11.5 Å². The monoisotopic (exact) mass is 410 g/mol. The van der Waals surface area contributed by atoms with Crippen LogP contribution in [-0.4, -0.2) is 44.1 Å². The Balaban J connectivity index is 1.49. The van der Waals surface area contributed by atoms with Gasteiger partial charge in [0.2, 0.25) is 5.91 Å². The van der Waals surface area contributed by atoms with Crippen molar-refractivity contribution >= 4 is 17.6 Å². The van der Waals surface area contributed by atoms with Gasteiger partial charge in [0.15, 0.2) is 17.5 Å². The van der Waals surface area contributed by atoms with Crippen molar-refractivity contribution in [3.05, 3.63) is 53.1 Å². The number of ether oxygens (including phenoxy) is 2. The molecule has 0 atom stereocenters. The van der Waals surface area contributed by atoms with Crippen LogP contribution >= 0.6 is 0 Å². The molecule has 30 heavy (non-hydrogen) atoms. The van der Waals surface area contributed by atoms with Gasteiger partial charge in [0.25, 0.3) is 0 Å². The zero-order chi connectivity index (χ0) is 21.5. The molecule has 3 rings (SSSR count). The van der Waals surface area contributed by atoms with E-state index in [2.05, 4.69) is 10.3 Å². The Labute approximate surface area is 177 Å². The highest BCUT2D eigenvalue weighted by atomic mass is 16.5. The maximum Gasteiger partial charge on any atom is 0.222 e. The molecule has 7 nitrogen and oxygen atoms in total. The Bertz CT molecular complexity index is 927. The molecular weight excluding hydrogens is 380 g/mol. The number of benzene rings is 2. The summed E-state index contributed by atoms with van der Waals surface area (Å²) in [6.45, 7) is 3.83. The third-order valence-corrected chi connectivity index (χ3v) is 5.19. The molecule has 2 aromatic rings. The van der Waals surface area contributed by atoms with Crippen LogP contribution in [0.25, 0.3) is 0 Å². The number of aliphatic imine (C=N–C) groups is 1. The lowest BCUT2D eigenvalue weighted by Crippen LogP contribution is -2.36. The zero-order valence-electron chi connectivity index (χ0n) is 17.9. The molecule has 0 saturated carbocycles. The molecule has 0 saturated heterocycles. The molecular formula is C23H30N4O3. The van der Waals surface area contributed by atoms with Crippen LogP contribution in [-0.2, 0) is 17.8 Å². The molecule has 7 heteroatoms. The van der Waals surface area contributed by atoms with Crippen LogP contribution in [0.1, 0.15) is 29.5 Å². The Morgan fingerprint density at radius 3 is 2.60 bits per heavy atom. The van der Waals surface area contributed by atoms with E-state index in [0.717, 1.165) is 29.0 Å². The van der Waals surface area contributed by atoms with Crippen molar-refractivity contribution in [2.24, 2.45) is 10.7 Å². The lowest BCUT2D eigenvalue weighted by Gasteiger charge is -2.29. The van der Waals surface area contributed by atoms with Crippen molar-refractivity contribution < 1.29 is 14.3 Å². The van der Waals surface area contributed by atoms with E-state index in [1.807, 2.05) is 48.2 Å². The fourth-order valence-corrected chi connectivity index (χ4v) is 3.59. The second kappa shape index (κ2) is 10.0. The molecule has 0 spiro atoms. The predicted molar refractivity (Wildman–Crippen MR) is 119 cm³/mol. The molecule has 0 radical (unpaired) electrons. The topological polar surface area (TPSA) is 89.2 Å². The van der Waals surface area contributed by atoms with E-state index in [1.165, 1.54) is 5.56 Å². The van der Waals surface area contributed by atoms with Gasteiger partial charge in [-0.3, -0.25) is 9.79 Å². The third kappa shape index (κ3) is 5.43. The number of fused-ring (bicyclic) bond motifs is 1. The molecule has 1 heterocycles. The van der Waals surface area contributed by atoms with Crippen LogP contribution in [0.15, 0.2) is 41.4 Å². The standard InChI is InChI=1S/C23H30N4O3/c1-16-6-4-7-19(12-16)26-23(24)25-10-5-8-22(28)27-11-9-17-13-20(29-2)21(30-3)14-18(17)15-27/h4,6-7,12-14H,5,8-11,15H2,1-3H3,(H3,24,25,26). The van der Waals surface area contributed by atoms with Crippen LogP contribution in [0.4, 0.5) is 5.69 Å². The fraction of sp³-hybridized carbons (Fsp3) is 0.391. The van der Waals surface area contributed by atoms with Crippen molar-refractivity contribution in [1.82, 2.24) is 4.90 Å². The Morgan fingerprint density at radius 1 is 1.17 bits per heavy atom. The number of hydrogen-bond acceptors (Lipinski definition) is 4. The number of hydrogen-bond donors (Lipinski definition) is 2. The lowest BCUT2D eigenvalue weighted by molar-refractivity contribution is -0.132. The quantitative estimate of drug-likeness (QED) is 0.416. The number of nitrogens with two attached hydrogens (primary N) is 1. The normalized spacial score (nSPS) is 13.6. The van der Waals surface area contributed by atoms with Crippen LogP contribution in [0.2, 0.25) is 0 Å². The minimum Gasteiger partial charge on any atom is -0.493 e. The van der Waals surface area contributed by atoms with Crippen molar-refractivity contribution in [3.63, 3.8) is 0 Å². The first-order valence-corrected chi connectivity index (χ1v) is 10.2. The molecule has 0 aromatic heterocycles. The molecule has 1 aliphatic rings. The van der Waals surface area contributed by atoms with Gasteiger partial charge < -0.3 is 25.4 Å². The average Bonchev–Trinajstić information content (AvgIpc) is 2.75. The van der Waals surface area contributed by atoms with Gasteiger partial charge in [-0.2, -0.15) is 0 Å². The number of aryl methyl sites for hydroxylation is 1. The summed E-state index contributed by atoms with van der Waals surface area (Å²) in [5.41, 5.74) is 10.3. The van der Waals surface area contributed by atoms with E-state index in [9.17, 15) is 4.79 Å². The highest BCUT2D eigenvalue weighted by Gasteiger charge is 2.22. The van der Waals surface area contributed by atoms with Gasteiger partial charge in [-0.05, 0) is 60.7 Å². The molecule has 0 bridgehead atoms. The smallest absolute Gasteiger partial charge is 0.222 e. The minimum atomic E-state index is 0.135. The number of guanidine groups is 1. The third-order valence-electron chi connectivity index (χ3n) is 5.19. The zero-order valence-corrected chi connectivity index (χ0v) is 17.9. The molecule has 0 fully saturated rings. The first-order valence-electron chi connectivity index (χ1n) is 10.2. The van der Waals surface area contributed by atoms with E-state index in [4.69, 9.17) is 15.2 Å². The van der Waals surface area contributed by atoms with Crippen molar-refractivity contribution in [1.29, 1.82) is 0 Å². The summed E-state index contributed by atoms with van der Waals surface area (Å²) in [6, 6.07) is 11.9. The number of methoxy groups -OCH3 is 2. The largest absolute Gasteiger partial charge is 0.493 e. The highest BCUT2D eigenvalue weighted by molar-refractivity contribution is 5.92. The van der Waals surface area contributed by atoms with Gasteiger partial charge in [-0.1, -0.05) is 12.1 Å². The SMILES string of the molecule is COc1cc2c(cc1OC)CN(C(=O)CCCN=C(N)Nc1cccc(C)c1)CC2. The van der Waals surface area contributed by atoms with Crippen LogP contribution in [0.3, 0.4) is 0 Å². The van der Waals surface area contributed by atoms with E-state index in [-0.39, 0.29) is 5.91 Å². The first-order chi connectivity index (χ1) is 14.5. The molecule has 0 aliphatic carbocycles. The Morgan fingerprint density at radius 2 is 1.90 bits per heavy atom. The van der Waals surface area contributed by atoms with E-state index < -0.39 is 0 Å². The summed E-state index contributed by atoms with van der Waals surface area (Å²) in [5.74, 6) is 1.92. The van der Waals surface area contributed by atoms with E-state index >= 15 is 0 Å². The minimum absolute atomic E-state index is 0.135. The molecule has 3 N–H and O–H groups in total. The number of rotatable bonds is 7. The summed E-state index contributed by atoms with van der Waals surface area (Å²) >= 11 is 0. The van der Waals surface area contributed by atoms with Gasteiger partial charge in [-0.25, -0.2) is 0 Å². The first kappa shape index (κ1) is 21.5. The molecule has 2 aromatic carbocycles. The van der Waals surface area contributed by atoms with E-state index in [1.54, 1.807) is 14.2 Å². The van der Waals surface area contributed by atoms with Gasteiger partial charge in [0.1, 0.15) is 0 Å². The van der Waals surface area contributed by atoms with E-state index in [0.29, 0.717) is 44.2 Å². The second-order valence-electron chi connectivity index (χ2n) is 7.41. The van der Waals surface area contributed by atoms with Crippen molar-refractivity contribution in [2.45, 2.75) is 32.7 Å². The average molecular weight is 411 g/mol. The highest BCUT2D eigenvalue weighted by Crippen LogP contribution is 2.33. The molecule has 0 unspecified atom stereocenters. The van der Waals surface area contributed by atoms with Gasteiger partial charge in [0.05, 0.1) is 14.2 Å². The van der Waals surface area contributed by atoms with Crippen LogP contribution in [0, 0.1) is 6.92 Å². The van der Waals surface area contributed by atoms with Gasteiger partial charge >= 0.3 is 0 Å².